The summed E-state index contributed by atoms with van der Waals surface area (Å²) >= 11 is 0. The summed E-state index contributed by atoms with van der Waals surface area (Å²) in [4.78, 5) is 4.99. The third-order valence-electron chi connectivity index (χ3n) is 2.83. The van der Waals surface area contributed by atoms with Crippen molar-refractivity contribution < 1.29 is 0 Å². The molecule has 1 saturated heterocycles. The summed E-state index contributed by atoms with van der Waals surface area (Å²) in [6.45, 7) is 14.5. The zero-order chi connectivity index (χ0) is 10.4. The first-order valence-corrected chi connectivity index (χ1v) is 5.59. The Kier molecular flexibility index (Phi) is 6.35. The highest BCUT2D eigenvalue weighted by molar-refractivity contribution is 4.81. The van der Waals surface area contributed by atoms with E-state index in [4.69, 9.17) is 0 Å². The molecule has 1 heterocycles. The number of likely N-dealkylation sites (N-methyl/N-ethyl adjacent to an activating group) is 2. The Morgan fingerprint density at radius 2 is 1.62 bits per heavy atom. The minimum Gasteiger partial charge on any atom is -0.301 e. The summed E-state index contributed by atoms with van der Waals surface area (Å²) < 4.78 is 0. The average Bonchev–Trinajstić information content (AvgIpc) is 2.15. The zero-order valence-corrected chi connectivity index (χ0v) is 10.2. The normalized spacial score (nSPS) is 30.9. The lowest BCUT2D eigenvalue weighted by Crippen LogP contribution is -2.54. The van der Waals surface area contributed by atoms with Gasteiger partial charge in [-0.15, -0.1) is 0 Å². The molecule has 0 amide bonds. The summed E-state index contributed by atoms with van der Waals surface area (Å²) in [5.41, 5.74) is 0. The maximum atomic E-state index is 2.55. The van der Waals surface area contributed by atoms with Crippen LogP contribution < -0.4 is 0 Å². The first kappa shape index (κ1) is 12.9. The second kappa shape index (κ2) is 6.39. The van der Waals surface area contributed by atoms with Crippen molar-refractivity contribution in [2.75, 3.05) is 26.7 Å². The van der Waals surface area contributed by atoms with E-state index in [0.717, 1.165) is 12.1 Å². The van der Waals surface area contributed by atoms with E-state index >= 15 is 0 Å². The van der Waals surface area contributed by atoms with Gasteiger partial charge in [0.2, 0.25) is 0 Å². The average molecular weight is 186 g/mol. The predicted molar refractivity (Wildman–Crippen MR) is 60.1 cm³/mol. The molecule has 0 saturated carbocycles. The first-order valence-electron chi connectivity index (χ1n) is 5.59. The van der Waals surface area contributed by atoms with Crippen molar-refractivity contribution in [3.8, 4) is 0 Å². The minimum absolute atomic E-state index is 0.728. The van der Waals surface area contributed by atoms with Crippen molar-refractivity contribution in [3.05, 3.63) is 0 Å². The van der Waals surface area contributed by atoms with E-state index in [9.17, 15) is 0 Å². The van der Waals surface area contributed by atoms with E-state index in [1.807, 2.05) is 13.8 Å². The maximum absolute atomic E-state index is 2.55. The molecule has 2 heteroatoms. The quantitative estimate of drug-likeness (QED) is 0.618. The smallest absolute Gasteiger partial charge is 0.0195 e. The molecule has 0 spiro atoms. The Bertz CT molecular complexity index is 125. The molecule has 0 bridgehead atoms. The van der Waals surface area contributed by atoms with Crippen molar-refractivity contribution in [1.82, 2.24) is 9.80 Å². The molecule has 0 radical (unpaired) electrons. The fourth-order valence-corrected chi connectivity index (χ4v) is 1.81. The Labute approximate surface area is 83.9 Å². The van der Waals surface area contributed by atoms with E-state index in [2.05, 4.69) is 37.6 Å². The van der Waals surface area contributed by atoms with Crippen molar-refractivity contribution in [2.45, 2.75) is 46.7 Å². The lowest BCUT2D eigenvalue weighted by atomic mass is 10.1. The van der Waals surface area contributed by atoms with Gasteiger partial charge in [-0.3, -0.25) is 4.90 Å². The lowest BCUT2D eigenvalue weighted by Gasteiger charge is -2.41. The Morgan fingerprint density at radius 3 is 2.08 bits per heavy atom. The van der Waals surface area contributed by atoms with Crippen LogP contribution in [0.25, 0.3) is 0 Å². The molecule has 2 nitrogen and oxygen atoms in total. The molecule has 1 aliphatic heterocycles. The van der Waals surface area contributed by atoms with Crippen LogP contribution >= 0.6 is 0 Å². The van der Waals surface area contributed by atoms with Gasteiger partial charge in [-0.05, 0) is 27.4 Å². The number of rotatable bonds is 1. The summed E-state index contributed by atoms with van der Waals surface area (Å²) in [5, 5.41) is 0. The number of hydrogen-bond acceptors (Lipinski definition) is 2. The van der Waals surface area contributed by atoms with Gasteiger partial charge in [0.25, 0.3) is 0 Å². The van der Waals surface area contributed by atoms with E-state index < -0.39 is 0 Å². The Hall–Kier alpha value is -0.0800. The molecular formula is C11H26N2. The predicted octanol–water partition coefficient (Wildman–Crippen LogP) is 2.06. The van der Waals surface area contributed by atoms with Crippen LogP contribution in [0.15, 0.2) is 0 Å². The van der Waals surface area contributed by atoms with Crippen LogP contribution in [-0.4, -0.2) is 48.6 Å². The SMILES string of the molecule is CC.CCN1CC(C)N(C)CC1C. The van der Waals surface area contributed by atoms with Crippen LogP contribution in [0.3, 0.4) is 0 Å². The third kappa shape index (κ3) is 3.65. The number of piperazine rings is 1. The second-order valence-electron chi connectivity index (χ2n) is 3.73. The van der Waals surface area contributed by atoms with Gasteiger partial charge in [-0.1, -0.05) is 20.8 Å². The van der Waals surface area contributed by atoms with Gasteiger partial charge in [-0.25, -0.2) is 0 Å². The van der Waals surface area contributed by atoms with Crippen LogP contribution in [0.4, 0.5) is 0 Å². The van der Waals surface area contributed by atoms with Crippen LogP contribution in [0.2, 0.25) is 0 Å². The molecule has 0 aliphatic carbocycles. The molecule has 0 aromatic carbocycles. The number of nitrogens with zero attached hydrogens (tertiary/aromatic N) is 2. The second-order valence-corrected chi connectivity index (χ2v) is 3.73. The lowest BCUT2D eigenvalue weighted by molar-refractivity contribution is 0.0643. The molecule has 1 fully saturated rings. The molecular weight excluding hydrogens is 160 g/mol. The standard InChI is InChI=1S/C9H20N2.C2H6/c1-5-11-7-8(2)10(4)6-9(11)3;1-2/h8-9H,5-7H2,1-4H3;1-2H3. The van der Waals surface area contributed by atoms with Gasteiger partial charge in [0, 0.05) is 25.2 Å². The maximum Gasteiger partial charge on any atom is 0.0195 e. The highest BCUT2D eigenvalue weighted by atomic mass is 15.3. The topological polar surface area (TPSA) is 6.48 Å². The molecule has 0 aromatic heterocycles. The Balaban J connectivity index is 0.000000671. The largest absolute Gasteiger partial charge is 0.301 e. The summed E-state index contributed by atoms with van der Waals surface area (Å²) in [6, 6.07) is 1.47. The van der Waals surface area contributed by atoms with Crippen molar-refractivity contribution in [1.29, 1.82) is 0 Å². The van der Waals surface area contributed by atoms with Crippen LogP contribution in [0, 0.1) is 0 Å². The van der Waals surface area contributed by atoms with Crippen LogP contribution in [0.5, 0.6) is 0 Å². The minimum atomic E-state index is 0.728. The van der Waals surface area contributed by atoms with Gasteiger partial charge in [0.05, 0.1) is 0 Å². The molecule has 1 aliphatic rings. The van der Waals surface area contributed by atoms with Gasteiger partial charge in [-0.2, -0.15) is 0 Å². The van der Waals surface area contributed by atoms with Crippen molar-refractivity contribution >= 4 is 0 Å². The van der Waals surface area contributed by atoms with E-state index in [-0.39, 0.29) is 0 Å². The van der Waals surface area contributed by atoms with Crippen molar-refractivity contribution in [3.63, 3.8) is 0 Å². The summed E-state index contributed by atoms with van der Waals surface area (Å²) in [7, 11) is 2.22. The van der Waals surface area contributed by atoms with Gasteiger partial charge in [0.1, 0.15) is 0 Å². The highest BCUT2D eigenvalue weighted by Gasteiger charge is 2.24. The van der Waals surface area contributed by atoms with Crippen molar-refractivity contribution in [2.24, 2.45) is 0 Å². The summed E-state index contributed by atoms with van der Waals surface area (Å²) in [6.07, 6.45) is 0. The molecule has 0 aromatic rings. The first-order chi connectivity index (χ1) is 6.15. The summed E-state index contributed by atoms with van der Waals surface area (Å²) in [5.74, 6) is 0. The van der Waals surface area contributed by atoms with E-state index in [1.165, 1.54) is 19.6 Å². The zero-order valence-electron chi connectivity index (χ0n) is 10.2. The fourth-order valence-electron chi connectivity index (χ4n) is 1.81. The monoisotopic (exact) mass is 186 g/mol. The van der Waals surface area contributed by atoms with Gasteiger partial charge >= 0.3 is 0 Å². The molecule has 2 unspecified atom stereocenters. The van der Waals surface area contributed by atoms with Crippen LogP contribution in [0.1, 0.15) is 34.6 Å². The molecule has 2 atom stereocenters. The molecule has 13 heavy (non-hydrogen) atoms. The van der Waals surface area contributed by atoms with Gasteiger partial charge < -0.3 is 4.90 Å². The Morgan fingerprint density at radius 1 is 1.08 bits per heavy atom. The van der Waals surface area contributed by atoms with E-state index in [1.54, 1.807) is 0 Å². The highest BCUT2D eigenvalue weighted by Crippen LogP contribution is 2.11. The molecule has 0 N–H and O–H groups in total. The third-order valence-corrected chi connectivity index (χ3v) is 2.83. The number of hydrogen-bond donors (Lipinski definition) is 0. The molecule has 80 valence electrons. The van der Waals surface area contributed by atoms with E-state index in [0.29, 0.717) is 0 Å². The fraction of sp³-hybridized carbons (Fsp3) is 1.00. The van der Waals surface area contributed by atoms with Gasteiger partial charge in [0.15, 0.2) is 0 Å². The van der Waals surface area contributed by atoms with Crippen LogP contribution in [-0.2, 0) is 0 Å². The molecule has 1 rings (SSSR count).